The number of rotatable bonds is 6. The zero-order chi connectivity index (χ0) is 11.3. The second-order valence-electron chi connectivity index (χ2n) is 4.63. The van der Waals surface area contributed by atoms with Crippen LogP contribution in [0.1, 0.15) is 32.4 Å². The first kappa shape index (κ1) is 12.2. The molecule has 0 bridgehead atoms. The van der Waals surface area contributed by atoms with E-state index in [1.54, 1.807) is 0 Å². The van der Waals surface area contributed by atoms with Crippen molar-refractivity contribution in [1.82, 2.24) is 15.1 Å². The Bertz CT molecular complexity index is 278. The maximum absolute atomic E-state index is 4.38. The van der Waals surface area contributed by atoms with Crippen LogP contribution in [0.2, 0.25) is 0 Å². The normalized spacial score (nSPS) is 13.4. The van der Waals surface area contributed by atoms with Crippen molar-refractivity contribution in [3.8, 4) is 0 Å². The first-order chi connectivity index (χ1) is 7.11. The van der Waals surface area contributed by atoms with Gasteiger partial charge in [-0.2, -0.15) is 5.10 Å². The molecular weight excluding hydrogens is 186 g/mol. The van der Waals surface area contributed by atoms with E-state index in [0.29, 0.717) is 6.04 Å². The van der Waals surface area contributed by atoms with E-state index in [0.717, 1.165) is 12.3 Å². The molecule has 3 nitrogen and oxygen atoms in total. The first-order valence-corrected chi connectivity index (χ1v) is 5.77. The SMILES string of the molecule is CNC(CCc1ccn(C)n1)CC(C)C. The highest BCUT2D eigenvalue weighted by molar-refractivity contribution is 4.99. The molecule has 0 aliphatic carbocycles. The Hall–Kier alpha value is -0.830. The predicted octanol–water partition coefficient (Wildman–Crippen LogP) is 1.99. The molecule has 0 radical (unpaired) electrons. The molecule has 1 N–H and O–H groups in total. The van der Waals surface area contributed by atoms with Gasteiger partial charge < -0.3 is 5.32 Å². The van der Waals surface area contributed by atoms with E-state index in [9.17, 15) is 0 Å². The summed E-state index contributed by atoms with van der Waals surface area (Å²) in [4.78, 5) is 0. The van der Waals surface area contributed by atoms with Gasteiger partial charge in [-0.05, 0) is 38.3 Å². The van der Waals surface area contributed by atoms with Crippen LogP contribution in [0.5, 0.6) is 0 Å². The monoisotopic (exact) mass is 209 g/mol. The second-order valence-corrected chi connectivity index (χ2v) is 4.63. The Kier molecular flexibility index (Phi) is 4.82. The third-order valence-electron chi connectivity index (χ3n) is 2.68. The summed E-state index contributed by atoms with van der Waals surface area (Å²) in [6.07, 6.45) is 5.49. The second kappa shape index (κ2) is 5.91. The lowest BCUT2D eigenvalue weighted by atomic mass is 9.99. The maximum atomic E-state index is 4.38. The molecule has 1 aromatic rings. The quantitative estimate of drug-likeness (QED) is 0.776. The van der Waals surface area contributed by atoms with E-state index >= 15 is 0 Å². The van der Waals surface area contributed by atoms with Crippen molar-refractivity contribution < 1.29 is 0 Å². The van der Waals surface area contributed by atoms with Crippen LogP contribution in [0.25, 0.3) is 0 Å². The van der Waals surface area contributed by atoms with Gasteiger partial charge in [0.05, 0.1) is 5.69 Å². The number of nitrogens with one attached hydrogen (secondary N) is 1. The van der Waals surface area contributed by atoms with Crippen molar-refractivity contribution in [3.05, 3.63) is 18.0 Å². The van der Waals surface area contributed by atoms with E-state index in [4.69, 9.17) is 0 Å². The number of aryl methyl sites for hydroxylation is 2. The van der Waals surface area contributed by atoms with Gasteiger partial charge in [0.2, 0.25) is 0 Å². The summed E-state index contributed by atoms with van der Waals surface area (Å²) in [7, 11) is 4.01. The Labute approximate surface area is 92.9 Å². The Morgan fingerprint density at radius 2 is 2.20 bits per heavy atom. The average molecular weight is 209 g/mol. The summed E-state index contributed by atoms with van der Waals surface area (Å²) in [5, 5.41) is 7.76. The third-order valence-corrected chi connectivity index (χ3v) is 2.68. The van der Waals surface area contributed by atoms with Gasteiger partial charge in [0.25, 0.3) is 0 Å². The van der Waals surface area contributed by atoms with E-state index in [2.05, 4.69) is 30.3 Å². The van der Waals surface area contributed by atoms with Gasteiger partial charge in [0.1, 0.15) is 0 Å². The molecule has 0 spiro atoms. The molecule has 1 rings (SSSR count). The molecule has 1 aromatic heterocycles. The molecular formula is C12H23N3. The smallest absolute Gasteiger partial charge is 0.0625 e. The Balaban J connectivity index is 2.34. The number of hydrogen-bond donors (Lipinski definition) is 1. The Morgan fingerprint density at radius 1 is 1.47 bits per heavy atom. The fourth-order valence-electron chi connectivity index (χ4n) is 1.87. The van der Waals surface area contributed by atoms with Crippen molar-refractivity contribution in [1.29, 1.82) is 0 Å². The highest BCUT2D eigenvalue weighted by Gasteiger charge is 2.09. The minimum atomic E-state index is 0.618. The van der Waals surface area contributed by atoms with E-state index in [1.165, 1.54) is 18.5 Å². The summed E-state index contributed by atoms with van der Waals surface area (Å²) >= 11 is 0. The molecule has 86 valence electrons. The zero-order valence-electron chi connectivity index (χ0n) is 10.3. The van der Waals surface area contributed by atoms with Gasteiger partial charge in [-0.1, -0.05) is 13.8 Å². The van der Waals surface area contributed by atoms with Crippen molar-refractivity contribution in [2.75, 3.05) is 7.05 Å². The summed E-state index contributed by atoms with van der Waals surface area (Å²) in [5.74, 6) is 0.756. The predicted molar refractivity (Wildman–Crippen MR) is 63.8 cm³/mol. The minimum Gasteiger partial charge on any atom is -0.317 e. The molecule has 1 atom stereocenters. The highest BCUT2D eigenvalue weighted by atomic mass is 15.2. The maximum Gasteiger partial charge on any atom is 0.0625 e. The summed E-state index contributed by atoms with van der Waals surface area (Å²) < 4.78 is 1.87. The van der Waals surface area contributed by atoms with Gasteiger partial charge in [-0.15, -0.1) is 0 Å². The van der Waals surface area contributed by atoms with Crippen molar-refractivity contribution in [2.24, 2.45) is 13.0 Å². The van der Waals surface area contributed by atoms with Crippen molar-refractivity contribution in [2.45, 2.75) is 39.2 Å². The number of aromatic nitrogens is 2. The summed E-state index contributed by atoms with van der Waals surface area (Å²) in [6, 6.07) is 2.72. The van der Waals surface area contributed by atoms with E-state index in [1.807, 2.05) is 25.0 Å². The summed E-state index contributed by atoms with van der Waals surface area (Å²) in [5.41, 5.74) is 1.20. The standard InChI is InChI=1S/C12H23N3/c1-10(2)9-12(13-3)6-5-11-7-8-15(4)14-11/h7-8,10,12-13H,5-6,9H2,1-4H3. The van der Waals surface area contributed by atoms with Crippen LogP contribution in [-0.2, 0) is 13.5 Å². The van der Waals surface area contributed by atoms with Crippen LogP contribution in [0, 0.1) is 5.92 Å². The summed E-state index contributed by atoms with van der Waals surface area (Å²) in [6.45, 7) is 4.54. The van der Waals surface area contributed by atoms with Crippen LogP contribution < -0.4 is 5.32 Å². The average Bonchev–Trinajstić information content (AvgIpc) is 2.58. The fraction of sp³-hybridized carbons (Fsp3) is 0.750. The topological polar surface area (TPSA) is 29.9 Å². The fourth-order valence-corrected chi connectivity index (χ4v) is 1.87. The zero-order valence-corrected chi connectivity index (χ0v) is 10.3. The van der Waals surface area contributed by atoms with Crippen LogP contribution in [0.3, 0.4) is 0 Å². The molecule has 0 aliphatic rings. The number of nitrogens with zero attached hydrogens (tertiary/aromatic N) is 2. The van der Waals surface area contributed by atoms with E-state index < -0.39 is 0 Å². The highest BCUT2D eigenvalue weighted by Crippen LogP contribution is 2.10. The lowest BCUT2D eigenvalue weighted by molar-refractivity contribution is 0.420. The van der Waals surface area contributed by atoms with E-state index in [-0.39, 0.29) is 0 Å². The molecule has 0 saturated heterocycles. The minimum absolute atomic E-state index is 0.618. The molecule has 0 aromatic carbocycles. The molecule has 15 heavy (non-hydrogen) atoms. The van der Waals surface area contributed by atoms with Gasteiger partial charge >= 0.3 is 0 Å². The van der Waals surface area contributed by atoms with Crippen LogP contribution in [0.15, 0.2) is 12.3 Å². The number of hydrogen-bond acceptors (Lipinski definition) is 2. The molecule has 0 fully saturated rings. The van der Waals surface area contributed by atoms with Crippen LogP contribution in [-0.4, -0.2) is 22.9 Å². The lowest BCUT2D eigenvalue weighted by Gasteiger charge is -2.17. The largest absolute Gasteiger partial charge is 0.317 e. The van der Waals surface area contributed by atoms with Crippen LogP contribution in [0.4, 0.5) is 0 Å². The van der Waals surface area contributed by atoms with Gasteiger partial charge in [-0.25, -0.2) is 0 Å². The van der Waals surface area contributed by atoms with Crippen molar-refractivity contribution in [3.63, 3.8) is 0 Å². The molecule has 1 unspecified atom stereocenters. The molecule has 0 amide bonds. The lowest BCUT2D eigenvalue weighted by Crippen LogP contribution is -2.27. The van der Waals surface area contributed by atoms with Gasteiger partial charge in [-0.3, -0.25) is 4.68 Å². The van der Waals surface area contributed by atoms with Crippen molar-refractivity contribution >= 4 is 0 Å². The van der Waals surface area contributed by atoms with Crippen LogP contribution >= 0.6 is 0 Å². The van der Waals surface area contributed by atoms with Gasteiger partial charge in [0, 0.05) is 19.3 Å². The molecule has 1 heterocycles. The molecule has 0 aliphatic heterocycles. The molecule has 0 saturated carbocycles. The molecule has 3 heteroatoms. The third kappa shape index (κ3) is 4.47. The Morgan fingerprint density at radius 3 is 2.67 bits per heavy atom. The van der Waals surface area contributed by atoms with Gasteiger partial charge in [0.15, 0.2) is 0 Å². The first-order valence-electron chi connectivity index (χ1n) is 5.77.